The third kappa shape index (κ3) is 7.51. The second-order valence-corrected chi connectivity index (χ2v) is 4.91. The molecule has 2 nitrogen and oxygen atoms in total. The van der Waals surface area contributed by atoms with Gasteiger partial charge in [0.2, 0.25) is 0 Å². The van der Waals surface area contributed by atoms with Gasteiger partial charge in [0, 0.05) is 19.6 Å². The van der Waals surface area contributed by atoms with Gasteiger partial charge in [-0.05, 0) is 42.9 Å². The lowest BCUT2D eigenvalue weighted by Crippen LogP contribution is -2.09. The Morgan fingerprint density at radius 3 is 2.53 bits per heavy atom. The van der Waals surface area contributed by atoms with E-state index in [1.54, 1.807) is 7.11 Å². The molecule has 0 N–H and O–H groups in total. The minimum Gasteiger partial charge on any atom is -0.382 e. The van der Waals surface area contributed by atoms with Gasteiger partial charge in [0.25, 0.3) is 0 Å². The maximum atomic E-state index is 12.8. The average molecular weight is 289 g/mol. The van der Waals surface area contributed by atoms with Gasteiger partial charge in [-0.15, -0.1) is 11.6 Å². The van der Waals surface area contributed by atoms with Gasteiger partial charge in [0.05, 0.1) is 13.2 Å². The Morgan fingerprint density at radius 2 is 1.89 bits per heavy atom. The van der Waals surface area contributed by atoms with Crippen LogP contribution in [0.15, 0.2) is 24.3 Å². The van der Waals surface area contributed by atoms with Gasteiger partial charge >= 0.3 is 0 Å². The Labute approximate surface area is 119 Å². The number of halogens is 2. The first-order valence-electron chi connectivity index (χ1n) is 6.63. The van der Waals surface area contributed by atoms with E-state index in [0.29, 0.717) is 25.0 Å². The molecule has 1 aromatic rings. The topological polar surface area (TPSA) is 18.5 Å². The van der Waals surface area contributed by atoms with E-state index in [-0.39, 0.29) is 5.82 Å². The summed E-state index contributed by atoms with van der Waals surface area (Å²) in [4.78, 5) is 0. The number of rotatable bonds is 10. The van der Waals surface area contributed by atoms with Crippen molar-refractivity contribution in [3.8, 4) is 0 Å². The van der Waals surface area contributed by atoms with Crippen LogP contribution in [-0.4, -0.2) is 32.8 Å². The van der Waals surface area contributed by atoms with E-state index >= 15 is 0 Å². The van der Waals surface area contributed by atoms with Crippen LogP contribution in [0, 0.1) is 11.7 Å². The molecule has 0 aromatic heterocycles. The number of methoxy groups -OCH3 is 1. The standard InChI is InChI=1S/C15H22ClFO2/c1-18-9-10-19-8-2-3-14(12-16)11-13-4-6-15(17)7-5-13/h4-7,14H,2-3,8-12H2,1H3. The number of hydrogen-bond donors (Lipinski definition) is 0. The van der Waals surface area contributed by atoms with Crippen molar-refractivity contribution in [1.82, 2.24) is 0 Å². The van der Waals surface area contributed by atoms with Crippen LogP contribution in [0.3, 0.4) is 0 Å². The number of benzene rings is 1. The lowest BCUT2D eigenvalue weighted by Gasteiger charge is -2.14. The summed E-state index contributed by atoms with van der Waals surface area (Å²) in [6.07, 6.45) is 2.90. The highest BCUT2D eigenvalue weighted by Crippen LogP contribution is 2.16. The maximum absolute atomic E-state index is 12.8. The molecule has 1 atom stereocenters. The smallest absolute Gasteiger partial charge is 0.123 e. The molecule has 0 bridgehead atoms. The molecule has 0 aliphatic carbocycles. The maximum Gasteiger partial charge on any atom is 0.123 e. The summed E-state index contributed by atoms with van der Waals surface area (Å²) in [6.45, 7) is 2.01. The summed E-state index contributed by atoms with van der Waals surface area (Å²) >= 11 is 5.98. The van der Waals surface area contributed by atoms with Crippen molar-refractivity contribution in [2.24, 2.45) is 5.92 Å². The van der Waals surface area contributed by atoms with Crippen molar-refractivity contribution in [2.45, 2.75) is 19.3 Å². The number of ether oxygens (including phenoxy) is 2. The Hall–Kier alpha value is -0.640. The van der Waals surface area contributed by atoms with Gasteiger partial charge < -0.3 is 9.47 Å². The molecule has 0 spiro atoms. The van der Waals surface area contributed by atoms with Crippen LogP contribution >= 0.6 is 11.6 Å². The van der Waals surface area contributed by atoms with Crippen LogP contribution in [0.4, 0.5) is 4.39 Å². The van der Waals surface area contributed by atoms with Gasteiger partial charge in [0.15, 0.2) is 0 Å². The van der Waals surface area contributed by atoms with Gasteiger partial charge in [-0.25, -0.2) is 4.39 Å². The zero-order chi connectivity index (χ0) is 13.9. The van der Waals surface area contributed by atoms with Crippen molar-refractivity contribution >= 4 is 11.6 Å². The molecule has 0 heterocycles. The third-order valence-corrected chi connectivity index (χ3v) is 3.43. The Balaban J connectivity index is 2.20. The highest BCUT2D eigenvalue weighted by Gasteiger charge is 2.08. The van der Waals surface area contributed by atoms with Gasteiger partial charge in [0.1, 0.15) is 5.82 Å². The zero-order valence-electron chi connectivity index (χ0n) is 11.4. The summed E-state index contributed by atoms with van der Waals surface area (Å²) in [5.74, 6) is 0.839. The van der Waals surface area contributed by atoms with Gasteiger partial charge in [-0.2, -0.15) is 0 Å². The second kappa shape index (κ2) is 10.2. The molecule has 0 saturated carbocycles. The Bertz CT molecular complexity index is 329. The lowest BCUT2D eigenvalue weighted by molar-refractivity contribution is 0.0675. The van der Waals surface area contributed by atoms with Gasteiger partial charge in [-0.1, -0.05) is 12.1 Å². The minimum atomic E-state index is -0.197. The fraction of sp³-hybridized carbons (Fsp3) is 0.600. The first-order valence-corrected chi connectivity index (χ1v) is 7.16. The third-order valence-electron chi connectivity index (χ3n) is 2.99. The highest BCUT2D eigenvalue weighted by atomic mass is 35.5. The summed E-state index contributed by atoms with van der Waals surface area (Å²) < 4.78 is 23.1. The molecule has 1 rings (SSSR count). The van der Waals surface area contributed by atoms with Crippen LogP contribution in [0.5, 0.6) is 0 Å². The van der Waals surface area contributed by atoms with Crippen LogP contribution in [0.1, 0.15) is 18.4 Å². The molecule has 1 aromatic carbocycles. The van der Waals surface area contributed by atoms with Crippen molar-refractivity contribution in [1.29, 1.82) is 0 Å². The molecule has 0 aliphatic heterocycles. The van der Waals surface area contributed by atoms with Crippen molar-refractivity contribution in [3.63, 3.8) is 0 Å². The van der Waals surface area contributed by atoms with E-state index < -0.39 is 0 Å². The molecule has 1 unspecified atom stereocenters. The molecule has 0 saturated heterocycles. The summed E-state index contributed by atoms with van der Waals surface area (Å²) in [7, 11) is 1.66. The summed E-state index contributed by atoms with van der Waals surface area (Å²) in [6, 6.07) is 6.64. The van der Waals surface area contributed by atoms with Crippen molar-refractivity contribution < 1.29 is 13.9 Å². The zero-order valence-corrected chi connectivity index (χ0v) is 12.2. The quantitative estimate of drug-likeness (QED) is 0.483. The Kier molecular flexibility index (Phi) is 8.80. The molecule has 19 heavy (non-hydrogen) atoms. The largest absolute Gasteiger partial charge is 0.382 e. The van der Waals surface area contributed by atoms with Crippen molar-refractivity contribution in [2.75, 3.05) is 32.8 Å². The van der Waals surface area contributed by atoms with Crippen LogP contribution in [-0.2, 0) is 15.9 Å². The fourth-order valence-electron chi connectivity index (χ4n) is 1.91. The van der Waals surface area contributed by atoms with Crippen molar-refractivity contribution in [3.05, 3.63) is 35.6 Å². The van der Waals surface area contributed by atoms with Crippen LogP contribution < -0.4 is 0 Å². The summed E-state index contributed by atoms with van der Waals surface area (Å²) in [5.41, 5.74) is 1.13. The lowest BCUT2D eigenvalue weighted by atomic mass is 9.96. The van der Waals surface area contributed by atoms with Crippen LogP contribution in [0.25, 0.3) is 0 Å². The SMILES string of the molecule is COCCOCCCC(CCl)Cc1ccc(F)cc1. The molecule has 0 amide bonds. The molecule has 4 heteroatoms. The predicted octanol–water partition coefficient (Wildman–Crippen LogP) is 3.67. The molecule has 0 radical (unpaired) electrons. The molecule has 108 valence electrons. The molecular weight excluding hydrogens is 267 g/mol. The Morgan fingerprint density at radius 1 is 1.16 bits per heavy atom. The first kappa shape index (κ1) is 16.4. The molecular formula is C15H22ClFO2. The van der Waals surface area contributed by atoms with E-state index in [2.05, 4.69) is 0 Å². The van der Waals surface area contributed by atoms with E-state index in [1.807, 2.05) is 12.1 Å². The predicted molar refractivity (Wildman–Crippen MR) is 76.2 cm³/mol. The van der Waals surface area contributed by atoms with E-state index in [0.717, 1.165) is 31.4 Å². The molecule has 0 aliphatic rings. The minimum absolute atomic E-state index is 0.197. The van der Waals surface area contributed by atoms with Gasteiger partial charge in [-0.3, -0.25) is 0 Å². The highest BCUT2D eigenvalue weighted by molar-refractivity contribution is 6.18. The first-order chi connectivity index (χ1) is 9.26. The summed E-state index contributed by atoms with van der Waals surface area (Å²) in [5, 5.41) is 0. The van der Waals surface area contributed by atoms with E-state index in [9.17, 15) is 4.39 Å². The monoisotopic (exact) mass is 288 g/mol. The van der Waals surface area contributed by atoms with E-state index in [1.165, 1.54) is 12.1 Å². The number of alkyl halides is 1. The van der Waals surface area contributed by atoms with E-state index in [4.69, 9.17) is 21.1 Å². The molecule has 0 fully saturated rings. The second-order valence-electron chi connectivity index (χ2n) is 4.60. The number of hydrogen-bond acceptors (Lipinski definition) is 2. The fourth-order valence-corrected chi connectivity index (χ4v) is 2.17. The van der Waals surface area contributed by atoms with Crippen LogP contribution in [0.2, 0.25) is 0 Å². The normalized spacial score (nSPS) is 12.6. The average Bonchev–Trinajstić information content (AvgIpc) is 2.43.